The molecular formula is C12H23NO3. The highest BCUT2D eigenvalue weighted by Crippen LogP contribution is 2.21. The second kappa shape index (κ2) is 6.21. The molecule has 94 valence electrons. The van der Waals surface area contributed by atoms with Crippen molar-refractivity contribution in [3.63, 3.8) is 0 Å². The van der Waals surface area contributed by atoms with Crippen molar-refractivity contribution in [1.82, 2.24) is 4.90 Å². The van der Waals surface area contributed by atoms with Gasteiger partial charge in [-0.2, -0.15) is 0 Å². The first-order chi connectivity index (χ1) is 7.60. The van der Waals surface area contributed by atoms with Crippen molar-refractivity contribution < 1.29 is 14.3 Å². The molecule has 0 N–H and O–H groups in total. The largest absolute Gasteiger partial charge is 0.383 e. The lowest BCUT2D eigenvalue weighted by atomic mass is 10.1. The fourth-order valence-corrected chi connectivity index (χ4v) is 2.19. The maximum atomic E-state index is 12.2. The molecule has 0 spiro atoms. The number of nitrogens with zero attached hydrogens (tertiary/aromatic N) is 1. The normalized spacial score (nSPS) is 26.8. The molecular weight excluding hydrogens is 206 g/mol. The fourth-order valence-electron chi connectivity index (χ4n) is 2.19. The van der Waals surface area contributed by atoms with Crippen LogP contribution in [0.2, 0.25) is 0 Å². The summed E-state index contributed by atoms with van der Waals surface area (Å²) in [6.45, 7) is 7.29. The molecule has 16 heavy (non-hydrogen) atoms. The Hall–Kier alpha value is -0.610. The molecule has 1 aliphatic rings. The highest BCUT2D eigenvalue weighted by molar-refractivity contribution is 5.81. The van der Waals surface area contributed by atoms with Crippen molar-refractivity contribution in [2.75, 3.05) is 20.3 Å². The number of carbonyl (C=O) groups is 1. The van der Waals surface area contributed by atoms with Crippen LogP contribution in [-0.4, -0.2) is 49.3 Å². The maximum absolute atomic E-state index is 12.2. The number of methoxy groups -OCH3 is 1. The van der Waals surface area contributed by atoms with Gasteiger partial charge < -0.3 is 14.4 Å². The van der Waals surface area contributed by atoms with Crippen LogP contribution in [0.1, 0.15) is 33.6 Å². The minimum atomic E-state index is -0.241. The summed E-state index contributed by atoms with van der Waals surface area (Å²) in [7, 11) is 1.66. The molecule has 1 heterocycles. The summed E-state index contributed by atoms with van der Waals surface area (Å²) in [5, 5.41) is 0. The highest BCUT2D eigenvalue weighted by Gasteiger charge is 2.32. The van der Waals surface area contributed by atoms with Crippen LogP contribution in [0, 0.1) is 0 Å². The first-order valence-corrected chi connectivity index (χ1v) is 6.05. The van der Waals surface area contributed by atoms with Crippen molar-refractivity contribution in [1.29, 1.82) is 0 Å². The Morgan fingerprint density at radius 3 is 2.69 bits per heavy atom. The molecule has 0 aromatic carbocycles. The Kier molecular flexibility index (Phi) is 5.22. The molecule has 1 fully saturated rings. The fraction of sp³-hybridized carbons (Fsp3) is 0.917. The number of hydrogen-bond acceptors (Lipinski definition) is 3. The Morgan fingerprint density at radius 1 is 1.56 bits per heavy atom. The molecule has 1 saturated heterocycles. The quantitative estimate of drug-likeness (QED) is 0.716. The Labute approximate surface area is 97.9 Å². The summed E-state index contributed by atoms with van der Waals surface area (Å²) in [5.41, 5.74) is 0. The predicted octanol–water partition coefficient (Wildman–Crippen LogP) is 1.44. The molecule has 4 nitrogen and oxygen atoms in total. The molecule has 4 heteroatoms. The van der Waals surface area contributed by atoms with Crippen LogP contribution >= 0.6 is 0 Å². The smallest absolute Gasteiger partial charge is 0.252 e. The summed E-state index contributed by atoms with van der Waals surface area (Å²) in [6.07, 6.45) is 1.79. The number of hydrogen-bond donors (Lipinski definition) is 0. The summed E-state index contributed by atoms with van der Waals surface area (Å²) in [4.78, 5) is 14.0. The van der Waals surface area contributed by atoms with E-state index in [4.69, 9.17) is 9.47 Å². The Balaban J connectivity index is 2.55. The lowest BCUT2D eigenvalue weighted by molar-refractivity contribution is -0.145. The van der Waals surface area contributed by atoms with Gasteiger partial charge in [0.25, 0.3) is 5.91 Å². The third-order valence-corrected chi connectivity index (χ3v) is 3.07. The van der Waals surface area contributed by atoms with Gasteiger partial charge in [-0.15, -0.1) is 0 Å². The minimum Gasteiger partial charge on any atom is -0.383 e. The molecule has 3 atom stereocenters. The molecule has 0 radical (unpaired) electrons. The van der Waals surface area contributed by atoms with E-state index in [2.05, 4.69) is 0 Å². The molecule has 0 saturated carbocycles. The van der Waals surface area contributed by atoms with Gasteiger partial charge in [0.15, 0.2) is 0 Å². The number of amides is 1. The van der Waals surface area contributed by atoms with Crippen molar-refractivity contribution in [2.24, 2.45) is 0 Å². The zero-order chi connectivity index (χ0) is 12.1. The van der Waals surface area contributed by atoms with Gasteiger partial charge in [0.1, 0.15) is 6.10 Å². The minimum absolute atomic E-state index is 0.108. The van der Waals surface area contributed by atoms with E-state index in [9.17, 15) is 4.79 Å². The number of carbonyl (C=O) groups excluding carboxylic acids is 1. The summed E-state index contributed by atoms with van der Waals surface area (Å²) >= 11 is 0. The molecule has 0 aliphatic carbocycles. The molecule has 0 aromatic rings. The molecule has 1 amide bonds. The van der Waals surface area contributed by atoms with Crippen LogP contribution in [0.15, 0.2) is 0 Å². The summed E-state index contributed by atoms with van der Waals surface area (Å²) < 4.78 is 10.7. The number of ether oxygens (including phenoxy) is 2. The second-order valence-electron chi connectivity index (χ2n) is 4.44. The van der Waals surface area contributed by atoms with Crippen molar-refractivity contribution in [2.45, 2.75) is 51.9 Å². The van der Waals surface area contributed by atoms with E-state index in [1.165, 1.54) is 0 Å². The first kappa shape index (κ1) is 13.5. The third-order valence-electron chi connectivity index (χ3n) is 3.07. The van der Waals surface area contributed by atoms with E-state index in [0.717, 1.165) is 12.8 Å². The predicted molar refractivity (Wildman–Crippen MR) is 62.3 cm³/mol. The SMILES string of the molecule is CCN(C(=O)[C@@H]1CC[C@@H](C)O1)[C@H](C)COC. The van der Waals surface area contributed by atoms with Crippen molar-refractivity contribution in [3.05, 3.63) is 0 Å². The van der Waals surface area contributed by atoms with Crippen LogP contribution in [0.3, 0.4) is 0 Å². The zero-order valence-electron chi connectivity index (χ0n) is 10.7. The Morgan fingerprint density at radius 2 is 2.25 bits per heavy atom. The average molecular weight is 229 g/mol. The number of likely N-dealkylation sites (N-methyl/N-ethyl adjacent to an activating group) is 1. The third kappa shape index (κ3) is 3.19. The van der Waals surface area contributed by atoms with Gasteiger partial charge in [-0.25, -0.2) is 0 Å². The van der Waals surface area contributed by atoms with Gasteiger partial charge >= 0.3 is 0 Å². The molecule has 0 bridgehead atoms. The topological polar surface area (TPSA) is 38.8 Å². The van der Waals surface area contributed by atoms with Gasteiger partial charge in [0.2, 0.25) is 0 Å². The maximum Gasteiger partial charge on any atom is 0.252 e. The van der Waals surface area contributed by atoms with Gasteiger partial charge in [-0.3, -0.25) is 4.79 Å². The highest BCUT2D eigenvalue weighted by atomic mass is 16.5. The first-order valence-electron chi connectivity index (χ1n) is 6.05. The van der Waals surface area contributed by atoms with E-state index in [-0.39, 0.29) is 24.2 Å². The van der Waals surface area contributed by atoms with E-state index < -0.39 is 0 Å². The summed E-state index contributed by atoms with van der Waals surface area (Å²) in [5.74, 6) is 0.108. The van der Waals surface area contributed by atoms with E-state index in [0.29, 0.717) is 13.2 Å². The molecule has 0 unspecified atom stereocenters. The second-order valence-corrected chi connectivity index (χ2v) is 4.44. The lowest BCUT2D eigenvalue weighted by Gasteiger charge is -2.29. The standard InChI is InChI=1S/C12H23NO3/c1-5-13(9(2)8-15-4)12(14)11-7-6-10(3)16-11/h9-11H,5-8H2,1-4H3/t9-,10-,11+/m1/s1. The zero-order valence-corrected chi connectivity index (χ0v) is 10.7. The van der Waals surface area contributed by atoms with Gasteiger partial charge in [0, 0.05) is 13.7 Å². The van der Waals surface area contributed by atoms with Gasteiger partial charge in [0.05, 0.1) is 18.8 Å². The van der Waals surface area contributed by atoms with Crippen molar-refractivity contribution in [3.8, 4) is 0 Å². The van der Waals surface area contributed by atoms with Gasteiger partial charge in [-0.1, -0.05) is 0 Å². The Bertz CT molecular complexity index is 232. The molecule has 1 aliphatic heterocycles. The van der Waals surface area contributed by atoms with Crippen LogP contribution < -0.4 is 0 Å². The average Bonchev–Trinajstić information content (AvgIpc) is 2.66. The molecule has 1 rings (SSSR count). The van der Waals surface area contributed by atoms with E-state index in [1.807, 2.05) is 25.7 Å². The van der Waals surface area contributed by atoms with E-state index >= 15 is 0 Å². The van der Waals surface area contributed by atoms with Crippen LogP contribution in [0.4, 0.5) is 0 Å². The van der Waals surface area contributed by atoms with E-state index in [1.54, 1.807) is 7.11 Å². The lowest BCUT2D eigenvalue weighted by Crippen LogP contribution is -2.46. The van der Waals surface area contributed by atoms with Crippen molar-refractivity contribution >= 4 is 5.91 Å². The van der Waals surface area contributed by atoms with Gasteiger partial charge in [-0.05, 0) is 33.6 Å². The number of rotatable bonds is 5. The monoisotopic (exact) mass is 229 g/mol. The summed E-state index contributed by atoms with van der Waals surface area (Å²) in [6, 6.07) is 0.113. The van der Waals surface area contributed by atoms with Crippen LogP contribution in [0.25, 0.3) is 0 Å². The van der Waals surface area contributed by atoms with Crippen LogP contribution in [0.5, 0.6) is 0 Å². The molecule has 0 aromatic heterocycles. The van der Waals surface area contributed by atoms with Crippen LogP contribution in [-0.2, 0) is 14.3 Å².